The van der Waals surface area contributed by atoms with E-state index in [0.717, 1.165) is 12.1 Å². The number of nitrogens with one attached hydrogen (secondary N) is 1. The summed E-state index contributed by atoms with van der Waals surface area (Å²) in [6, 6.07) is 2.09. The van der Waals surface area contributed by atoms with Crippen molar-refractivity contribution in [1.29, 1.82) is 0 Å². The molecule has 0 aromatic heterocycles. The molecule has 0 amide bonds. The third kappa shape index (κ3) is 2.65. The number of hydrogen-bond donors (Lipinski definition) is 4. The van der Waals surface area contributed by atoms with E-state index < -0.39 is 5.97 Å². The fourth-order valence-electron chi connectivity index (χ4n) is 1.08. The van der Waals surface area contributed by atoms with Crippen LogP contribution in [0.4, 0.5) is 0 Å². The van der Waals surface area contributed by atoms with Crippen molar-refractivity contribution >= 4 is 5.97 Å². The maximum Gasteiger partial charge on any atom is 0.335 e. The van der Waals surface area contributed by atoms with Gasteiger partial charge >= 0.3 is 5.97 Å². The van der Waals surface area contributed by atoms with Gasteiger partial charge in [-0.2, -0.15) is 0 Å². The minimum Gasteiger partial charge on any atom is -0.506 e. The molecule has 0 aliphatic rings. The van der Waals surface area contributed by atoms with Crippen LogP contribution in [0.3, 0.4) is 0 Å². The molecule has 0 atom stereocenters. The highest BCUT2D eigenvalue weighted by Crippen LogP contribution is 2.27. The van der Waals surface area contributed by atoms with Crippen LogP contribution in [0.25, 0.3) is 0 Å². The first-order valence-electron chi connectivity index (χ1n) is 4.49. The molecule has 0 radical (unpaired) electrons. The van der Waals surface area contributed by atoms with Crippen molar-refractivity contribution < 1.29 is 20.1 Å². The SMILES string of the molecule is CNCC#Cc1c(O)cc(C(=O)O)cc1O. The molecule has 0 aliphatic heterocycles. The Balaban J connectivity index is 3.14. The Hall–Kier alpha value is -2.19. The minimum absolute atomic E-state index is 0.0280. The molecule has 16 heavy (non-hydrogen) atoms. The van der Waals surface area contributed by atoms with Crippen molar-refractivity contribution in [3.63, 3.8) is 0 Å². The van der Waals surface area contributed by atoms with Crippen LogP contribution in [0.1, 0.15) is 15.9 Å². The Morgan fingerprint density at radius 1 is 1.38 bits per heavy atom. The van der Waals surface area contributed by atoms with Crippen molar-refractivity contribution in [2.45, 2.75) is 0 Å². The third-order valence-electron chi connectivity index (χ3n) is 1.82. The zero-order valence-electron chi connectivity index (χ0n) is 8.61. The van der Waals surface area contributed by atoms with Crippen LogP contribution in [0.15, 0.2) is 12.1 Å². The van der Waals surface area contributed by atoms with Gasteiger partial charge in [0.15, 0.2) is 0 Å². The highest BCUT2D eigenvalue weighted by Gasteiger charge is 2.11. The number of carboxylic acid groups (broad SMARTS) is 1. The van der Waals surface area contributed by atoms with Gasteiger partial charge in [-0.25, -0.2) is 4.79 Å². The lowest BCUT2D eigenvalue weighted by Gasteiger charge is -2.02. The van der Waals surface area contributed by atoms with E-state index in [1.54, 1.807) is 7.05 Å². The lowest BCUT2D eigenvalue weighted by atomic mass is 10.1. The highest BCUT2D eigenvalue weighted by molar-refractivity contribution is 5.89. The Morgan fingerprint density at radius 2 is 1.94 bits per heavy atom. The number of phenolic OH excluding ortho intramolecular Hbond substituents is 2. The van der Waals surface area contributed by atoms with Crippen LogP contribution >= 0.6 is 0 Å². The molecule has 5 nitrogen and oxygen atoms in total. The molecular formula is C11H11NO4. The quantitative estimate of drug-likeness (QED) is 0.542. The summed E-state index contributed by atoms with van der Waals surface area (Å²) in [5, 5.41) is 30.4. The first-order chi connectivity index (χ1) is 7.56. The van der Waals surface area contributed by atoms with Crippen LogP contribution < -0.4 is 5.32 Å². The van der Waals surface area contributed by atoms with Crippen LogP contribution in [-0.4, -0.2) is 34.9 Å². The Kier molecular flexibility index (Phi) is 3.75. The van der Waals surface area contributed by atoms with E-state index in [1.807, 2.05) is 0 Å². The molecule has 0 heterocycles. The van der Waals surface area contributed by atoms with Crippen molar-refractivity contribution in [3.8, 4) is 23.3 Å². The molecule has 1 aromatic carbocycles. The average Bonchev–Trinajstić information content (AvgIpc) is 2.21. The summed E-state index contributed by atoms with van der Waals surface area (Å²) in [7, 11) is 1.71. The number of aromatic carboxylic acids is 1. The monoisotopic (exact) mass is 221 g/mol. The Bertz CT molecular complexity index is 448. The second kappa shape index (κ2) is 5.05. The van der Waals surface area contributed by atoms with E-state index in [2.05, 4.69) is 17.2 Å². The largest absolute Gasteiger partial charge is 0.506 e. The topological polar surface area (TPSA) is 89.8 Å². The predicted octanol–water partition coefficient (Wildman–Crippen LogP) is 0.367. The normalized spacial score (nSPS) is 9.31. The summed E-state index contributed by atoms with van der Waals surface area (Å²) < 4.78 is 0. The molecule has 5 heteroatoms. The number of rotatable bonds is 2. The molecule has 0 fully saturated rings. The first-order valence-corrected chi connectivity index (χ1v) is 4.49. The minimum atomic E-state index is -1.22. The lowest BCUT2D eigenvalue weighted by Crippen LogP contribution is -2.04. The van der Waals surface area contributed by atoms with Gasteiger partial charge in [0, 0.05) is 0 Å². The van der Waals surface area contributed by atoms with Crippen molar-refractivity contribution in [2.24, 2.45) is 0 Å². The van der Waals surface area contributed by atoms with Gasteiger partial charge in [-0.15, -0.1) is 0 Å². The van der Waals surface area contributed by atoms with Crippen molar-refractivity contribution in [2.75, 3.05) is 13.6 Å². The fraction of sp³-hybridized carbons (Fsp3) is 0.182. The zero-order chi connectivity index (χ0) is 12.1. The maximum atomic E-state index is 10.6. The van der Waals surface area contributed by atoms with Crippen molar-refractivity contribution in [3.05, 3.63) is 23.3 Å². The number of carboxylic acids is 1. The van der Waals surface area contributed by atoms with Gasteiger partial charge in [-0.1, -0.05) is 11.8 Å². The summed E-state index contributed by atoms with van der Waals surface area (Å²) in [6.07, 6.45) is 0. The number of phenols is 2. The Morgan fingerprint density at radius 3 is 2.38 bits per heavy atom. The van der Waals surface area contributed by atoms with Gasteiger partial charge < -0.3 is 20.6 Å². The molecule has 0 spiro atoms. The van der Waals surface area contributed by atoms with Gasteiger partial charge in [0.05, 0.1) is 12.1 Å². The van der Waals surface area contributed by atoms with E-state index in [9.17, 15) is 15.0 Å². The van der Waals surface area contributed by atoms with Gasteiger partial charge in [0.25, 0.3) is 0 Å². The molecule has 84 valence electrons. The van der Waals surface area contributed by atoms with Gasteiger partial charge in [-0.3, -0.25) is 0 Å². The van der Waals surface area contributed by atoms with E-state index in [1.165, 1.54) is 0 Å². The molecule has 0 bridgehead atoms. The maximum absolute atomic E-state index is 10.6. The summed E-state index contributed by atoms with van der Waals surface area (Å²) in [4.78, 5) is 10.6. The van der Waals surface area contributed by atoms with E-state index in [4.69, 9.17) is 5.11 Å². The first kappa shape index (κ1) is 11.9. The summed E-state index contributed by atoms with van der Waals surface area (Å²) in [5.41, 5.74) is -0.158. The molecule has 1 rings (SSSR count). The second-order valence-corrected chi connectivity index (χ2v) is 3.03. The van der Waals surface area contributed by atoms with Gasteiger partial charge in [-0.05, 0) is 19.2 Å². The number of carbonyl (C=O) groups is 1. The van der Waals surface area contributed by atoms with E-state index >= 15 is 0 Å². The second-order valence-electron chi connectivity index (χ2n) is 3.03. The van der Waals surface area contributed by atoms with Crippen LogP contribution in [-0.2, 0) is 0 Å². The smallest absolute Gasteiger partial charge is 0.335 e. The molecular weight excluding hydrogens is 210 g/mol. The average molecular weight is 221 g/mol. The number of hydrogen-bond acceptors (Lipinski definition) is 4. The standard InChI is InChI=1S/C11H11NO4/c1-12-4-2-3-8-9(13)5-7(11(15)16)6-10(8)14/h5-6,12-14H,4H2,1H3,(H,15,16). The zero-order valence-corrected chi connectivity index (χ0v) is 8.61. The highest BCUT2D eigenvalue weighted by atomic mass is 16.4. The van der Waals surface area contributed by atoms with Crippen LogP contribution in [0.5, 0.6) is 11.5 Å². The molecule has 1 aromatic rings. The van der Waals surface area contributed by atoms with Crippen LogP contribution in [0.2, 0.25) is 0 Å². The van der Waals surface area contributed by atoms with Crippen molar-refractivity contribution in [1.82, 2.24) is 5.32 Å². The van der Waals surface area contributed by atoms with Crippen LogP contribution in [0, 0.1) is 11.8 Å². The van der Waals surface area contributed by atoms with E-state index in [-0.39, 0.29) is 22.6 Å². The fourth-order valence-corrected chi connectivity index (χ4v) is 1.08. The van der Waals surface area contributed by atoms with Gasteiger partial charge in [0.2, 0.25) is 0 Å². The molecule has 4 N–H and O–H groups in total. The lowest BCUT2D eigenvalue weighted by molar-refractivity contribution is 0.0696. The predicted molar refractivity (Wildman–Crippen MR) is 57.5 cm³/mol. The molecule has 0 saturated carbocycles. The summed E-state index contributed by atoms with van der Waals surface area (Å²) >= 11 is 0. The number of benzene rings is 1. The number of aromatic hydroxyl groups is 2. The van der Waals surface area contributed by atoms with E-state index in [0.29, 0.717) is 6.54 Å². The summed E-state index contributed by atoms with van der Waals surface area (Å²) in [6.45, 7) is 0.402. The Labute approximate surface area is 92.3 Å². The molecule has 0 unspecified atom stereocenters. The summed E-state index contributed by atoms with van der Waals surface area (Å²) in [5.74, 6) is 3.28. The molecule has 0 aliphatic carbocycles. The van der Waals surface area contributed by atoms with Gasteiger partial charge in [0.1, 0.15) is 17.1 Å². The third-order valence-corrected chi connectivity index (χ3v) is 1.82. The molecule has 0 saturated heterocycles.